The molecule has 7 heteroatoms. The molecular formula is C20H17Cl2N3OS. The second kappa shape index (κ2) is 9.13. The van der Waals surface area contributed by atoms with E-state index in [9.17, 15) is 4.79 Å². The highest BCUT2D eigenvalue weighted by Crippen LogP contribution is 2.23. The molecule has 0 bridgehead atoms. The number of rotatable bonds is 6. The highest BCUT2D eigenvalue weighted by Gasteiger charge is 2.14. The first kappa shape index (κ1) is 19.5. The van der Waals surface area contributed by atoms with Crippen molar-refractivity contribution in [1.29, 1.82) is 0 Å². The van der Waals surface area contributed by atoms with Crippen molar-refractivity contribution >= 4 is 46.5 Å². The number of amides is 1. The maximum absolute atomic E-state index is 12.8. The Labute approximate surface area is 172 Å². The van der Waals surface area contributed by atoms with Gasteiger partial charge in [0.15, 0.2) is 0 Å². The molecule has 0 unspecified atom stereocenters. The maximum atomic E-state index is 12.8. The Morgan fingerprint density at radius 3 is 2.70 bits per heavy atom. The molecule has 27 heavy (non-hydrogen) atoms. The number of aromatic nitrogens is 2. The van der Waals surface area contributed by atoms with Crippen molar-refractivity contribution < 1.29 is 4.79 Å². The standard InChI is InChI=1S/C20H17Cl2N3OS/c1-14-24-17(13-27-14)6-8-20(26)25(12-16-4-2-3-9-23-16)11-15-5-7-18(21)19(22)10-15/h2-10,13H,11-12H2,1H3/b8-6+. The third-order valence-corrected chi connectivity index (χ3v) is 5.31. The molecule has 3 aromatic rings. The van der Waals surface area contributed by atoms with Crippen LogP contribution in [0, 0.1) is 6.92 Å². The van der Waals surface area contributed by atoms with Gasteiger partial charge in [0.05, 0.1) is 33.0 Å². The Bertz CT molecular complexity index is 957. The minimum atomic E-state index is -0.127. The molecule has 0 radical (unpaired) electrons. The zero-order valence-corrected chi connectivity index (χ0v) is 16.9. The molecule has 0 fully saturated rings. The second-order valence-electron chi connectivity index (χ2n) is 5.89. The lowest BCUT2D eigenvalue weighted by atomic mass is 10.2. The van der Waals surface area contributed by atoms with E-state index in [2.05, 4.69) is 9.97 Å². The first-order valence-corrected chi connectivity index (χ1v) is 9.88. The fraction of sp³-hybridized carbons (Fsp3) is 0.150. The summed E-state index contributed by atoms with van der Waals surface area (Å²) in [6, 6.07) is 11.0. The lowest BCUT2D eigenvalue weighted by Crippen LogP contribution is -2.28. The maximum Gasteiger partial charge on any atom is 0.247 e. The molecule has 1 aromatic carbocycles. The summed E-state index contributed by atoms with van der Waals surface area (Å²) in [5.74, 6) is -0.127. The van der Waals surface area contributed by atoms with Crippen LogP contribution in [0.1, 0.15) is 22.0 Å². The van der Waals surface area contributed by atoms with E-state index in [1.807, 2.05) is 36.6 Å². The molecule has 0 aliphatic rings. The average Bonchev–Trinajstić information content (AvgIpc) is 3.08. The molecule has 0 saturated heterocycles. The van der Waals surface area contributed by atoms with E-state index in [0.29, 0.717) is 23.1 Å². The Balaban J connectivity index is 1.80. The summed E-state index contributed by atoms with van der Waals surface area (Å²) in [6.07, 6.45) is 4.98. The monoisotopic (exact) mass is 417 g/mol. The Morgan fingerprint density at radius 1 is 1.19 bits per heavy atom. The quantitative estimate of drug-likeness (QED) is 0.504. The number of hydrogen-bond donors (Lipinski definition) is 0. The van der Waals surface area contributed by atoms with Gasteiger partial charge in [-0.25, -0.2) is 4.98 Å². The minimum Gasteiger partial charge on any atom is -0.329 e. The molecule has 4 nitrogen and oxygen atoms in total. The molecule has 3 rings (SSSR count). The fourth-order valence-corrected chi connectivity index (χ4v) is 3.38. The van der Waals surface area contributed by atoms with Crippen molar-refractivity contribution in [3.63, 3.8) is 0 Å². The highest BCUT2D eigenvalue weighted by molar-refractivity contribution is 7.09. The Hall–Kier alpha value is -2.21. The number of carbonyl (C=O) groups is 1. The minimum absolute atomic E-state index is 0.127. The van der Waals surface area contributed by atoms with Crippen molar-refractivity contribution in [3.05, 3.63) is 86.1 Å². The number of pyridine rings is 1. The molecule has 0 aliphatic carbocycles. The van der Waals surface area contributed by atoms with Crippen LogP contribution in [0.5, 0.6) is 0 Å². The van der Waals surface area contributed by atoms with Crippen molar-refractivity contribution in [2.24, 2.45) is 0 Å². The second-order valence-corrected chi connectivity index (χ2v) is 7.77. The van der Waals surface area contributed by atoms with Gasteiger partial charge in [0, 0.05) is 24.2 Å². The Kier molecular flexibility index (Phi) is 6.61. The molecule has 0 spiro atoms. The van der Waals surface area contributed by atoms with Crippen LogP contribution in [-0.2, 0) is 17.9 Å². The van der Waals surface area contributed by atoms with E-state index in [4.69, 9.17) is 23.2 Å². The van der Waals surface area contributed by atoms with E-state index in [-0.39, 0.29) is 5.91 Å². The first-order chi connectivity index (χ1) is 13.0. The molecule has 138 valence electrons. The summed E-state index contributed by atoms with van der Waals surface area (Å²) in [5, 5.41) is 3.83. The topological polar surface area (TPSA) is 46.1 Å². The number of aryl methyl sites for hydroxylation is 1. The Morgan fingerprint density at radius 2 is 2.04 bits per heavy atom. The number of benzene rings is 1. The third kappa shape index (κ3) is 5.63. The van der Waals surface area contributed by atoms with Crippen LogP contribution in [0.15, 0.2) is 54.1 Å². The number of thiazole rings is 1. The van der Waals surface area contributed by atoms with Crippen molar-refractivity contribution in [2.75, 3.05) is 0 Å². The summed E-state index contributed by atoms with van der Waals surface area (Å²) >= 11 is 13.6. The zero-order valence-electron chi connectivity index (χ0n) is 14.6. The lowest BCUT2D eigenvalue weighted by Gasteiger charge is -2.21. The molecule has 2 aromatic heterocycles. The van der Waals surface area contributed by atoms with E-state index in [1.165, 1.54) is 6.08 Å². The van der Waals surface area contributed by atoms with E-state index in [0.717, 1.165) is 22.0 Å². The number of carbonyl (C=O) groups excluding carboxylic acids is 1. The summed E-state index contributed by atoms with van der Waals surface area (Å²) in [4.78, 5) is 23.2. The SMILES string of the molecule is Cc1nc(/C=C/C(=O)N(Cc2ccc(Cl)c(Cl)c2)Cc2ccccn2)cs1. The van der Waals surface area contributed by atoms with Crippen molar-refractivity contribution in [1.82, 2.24) is 14.9 Å². The highest BCUT2D eigenvalue weighted by atomic mass is 35.5. The van der Waals surface area contributed by atoms with Gasteiger partial charge in [0.25, 0.3) is 0 Å². The number of nitrogens with zero attached hydrogens (tertiary/aromatic N) is 3. The van der Waals surface area contributed by atoms with Gasteiger partial charge in [-0.3, -0.25) is 9.78 Å². The van der Waals surface area contributed by atoms with Gasteiger partial charge in [0.1, 0.15) is 0 Å². The number of halogens is 2. The predicted molar refractivity (Wildman–Crippen MR) is 111 cm³/mol. The molecule has 0 saturated carbocycles. The first-order valence-electron chi connectivity index (χ1n) is 8.24. The summed E-state index contributed by atoms with van der Waals surface area (Å²) in [5.41, 5.74) is 2.48. The predicted octanol–water partition coefficient (Wildman–Crippen LogP) is 5.40. The summed E-state index contributed by atoms with van der Waals surface area (Å²) in [7, 11) is 0. The average molecular weight is 418 g/mol. The summed E-state index contributed by atoms with van der Waals surface area (Å²) in [6.45, 7) is 2.72. The molecular weight excluding hydrogens is 401 g/mol. The molecule has 2 heterocycles. The fourth-order valence-electron chi connectivity index (χ4n) is 2.48. The van der Waals surface area contributed by atoms with Crippen molar-refractivity contribution in [3.8, 4) is 0 Å². The van der Waals surface area contributed by atoms with Gasteiger partial charge in [-0.15, -0.1) is 11.3 Å². The van der Waals surface area contributed by atoms with Crippen LogP contribution in [0.2, 0.25) is 10.0 Å². The number of hydrogen-bond acceptors (Lipinski definition) is 4. The van der Waals surface area contributed by atoms with E-state index < -0.39 is 0 Å². The van der Waals surface area contributed by atoms with E-state index >= 15 is 0 Å². The van der Waals surface area contributed by atoms with Crippen molar-refractivity contribution in [2.45, 2.75) is 20.0 Å². The van der Waals surface area contributed by atoms with E-state index in [1.54, 1.807) is 40.6 Å². The molecule has 0 N–H and O–H groups in total. The van der Waals surface area contributed by atoms with Gasteiger partial charge >= 0.3 is 0 Å². The third-order valence-electron chi connectivity index (χ3n) is 3.78. The van der Waals surface area contributed by atoms with Gasteiger partial charge in [-0.2, -0.15) is 0 Å². The van der Waals surface area contributed by atoms with Crippen LogP contribution in [-0.4, -0.2) is 20.8 Å². The smallest absolute Gasteiger partial charge is 0.247 e. The van der Waals surface area contributed by atoms with Crippen LogP contribution < -0.4 is 0 Å². The van der Waals surface area contributed by atoms with Gasteiger partial charge in [-0.1, -0.05) is 35.3 Å². The lowest BCUT2D eigenvalue weighted by molar-refractivity contribution is -0.127. The van der Waals surface area contributed by atoms with Gasteiger partial charge in [-0.05, 0) is 42.8 Å². The van der Waals surface area contributed by atoms with Crippen LogP contribution >= 0.6 is 34.5 Å². The largest absolute Gasteiger partial charge is 0.329 e. The van der Waals surface area contributed by atoms with Gasteiger partial charge in [0.2, 0.25) is 5.91 Å². The molecule has 0 atom stereocenters. The zero-order chi connectivity index (χ0) is 19.2. The van der Waals surface area contributed by atoms with Gasteiger partial charge < -0.3 is 4.90 Å². The molecule has 0 aliphatic heterocycles. The van der Waals surface area contributed by atoms with Crippen LogP contribution in [0.3, 0.4) is 0 Å². The van der Waals surface area contributed by atoms with Crippen LogP contribution in [0.25, 0.3) is 6.08 Å². The van der Waals surface area contributed by atoms with Crippen LogP contribution in [0.4, 0.5) is 0 Å². The summed E-state index contributed by atoms with van der Waals surface area (Å²) < 4.78 is 0. The molecule has 1 amide bonds. The normalized spacial score (nSPS) is 11.1.